The van der Waals surface area contributed by atoms with Gasteiger partial charge in [0.2, 0.25) is 0 Å². The number of ether oxygens (including phenoxy) is 1. The molecule has 5 nitrogen and oxygen atoms in total. The van der Waals surface area contributed by atoms with Crippen LogP contribution in [0.2, 0.25) is 0 Å². The smallest absolute Gasteiger partial charge is 0.191 e. The number of nitrogens with one attached hydrogen (secondary N) is 2. The van der Waals surface area contributed by atoms with Gasteiger partial charge in [-0.1, -0.05) is 20.8 Å². The lowest BCUT2D eigenvalue weighted by atomic mass is 9.89. The Labute approximate surface area is 154 Å². The predicted octanol–water partition coefficient (Wildman–Crippen LogP) is 2.56. The molecule has 1 atom stereocenters. The highest BCUT2D eigenvalue weighted by atomic mass is 127. The fraction of sp³-hybridized carbons (Fsp3) is 0.938. The van der Waals surface area contributed by atoms with Gasteiger partial charge in [0, 0.05) is 25.7 Å². The Morgan fingerprint density at radius 3 is 2.05 bits per heavy atom. The Bertz CT molecular complexity index is 325. The molecule has 0 aliphatic heterocycles. The molecule has 0 radical (unpaired) electrons. The average Bonchev–Trinajstić information content (AvgIpc) is 2.34. The third kappa shape index (κ3) is 9.15. The van der Waals surface area contributed by atoms with Crippen molar-refractivity contribution in [1.29, 1.82) is 0 Å². The maximum absolute atomic E-state index is 5.57. The lowest BCUT2D eigenvalue weighted by molar-refractivity contribution is 0.0205. The molecule has 0 aliphatic carbocycles. The molecule has 0 fully saturated rings. The van der Waals surface area contributed by atoms with Crippen LogP contribution in [0.4, 0.5) is 0 Å². The van der Waals surface area contributed by atoms with Gasteiger partial charge in [-0.15, -0.1) is 24.0 Å². The number of nitrogens with zero attached hydrogens (tertiary/aromatic N) is 2. The van der Waals surface area contributed by atoms with Gasteiger partial charge in [-0.25, -0.2) is 0 Å². The van der Waals surface area contributed by atoms with Gasteiger partial charge in [0.1, 0.15) is 0 Å². The van der Waals surface area contributed by atoms with E-state index >= 15 is 0 Å². The van der Waals surface area contributed by atoms with E-state index in [9.17, 15) is 0 Å². The molecule has 0 spiro atoms. The minimum atomic E-state index is 0. The van der Waals surface area contributed by atoms with Crippen molar-refractivity contribution in [2.45, 2.75) is 53.2 Å². The van der Waals surface area contributed by atoms with Crippen molar-refractivity contribution in [3.63, 3.8) is 0 Å². The van der Waals surface area contributed by atoms with Gasteiger partial charge in [-0.05, 0) is 40.3 Å². The van der Waals surface area contributed by atoms with E-state index in [0.29, 0.717) is 0 Å². The number of hydrogen-bond donors (Lipinski definition) is 2. The number of rotatable bonds is 7. The molecule has 0 saturated carbocycles. The highest BCUT2D eigenvalue weighted by molar-refractivity contribution is 14.0. The summed E-state index contributed by atoms with van der Waals surface area (Å²) < 4.78 is 5.57. The number of halogens is 1. The van der Waals surface area contributed by atoms with Crippen LogP contribution in [0.25, 0.3) is 0 Å². The van der Waals surface area contributed by atoms with Crippen LogP contribution in [0, 0.1) is 5.41 Å². The van der Waals surface area contributed by atoms with Gasteiger partial charge >= 0.3 is 0 Å². The van der Waals surface area contributed by atoms with Crippen LogP contribution in [-0.2, 0) is 4.74 Å². The Morgan fingerprint density at radius 2 is 1.68 bits per heavy atom. The third-order valence-electron chi connectivity index (χ3n) is 3.88. The summed E-state index contributed by atoms with van der Waals surface area (Å²) in [7, 11) is 5.92. The highest BCUT2D eigenvalue weighted by Gasteiger charge is 2.24. The van der Waals surface area contributed by atoms with E-state index in [1.54, 1.807) is 7.11 Å². The van der Waals surface area contributed by atoms with Crippen LogP contribution in [0.5, 0.6) is 0 Å². The van der Waals surface area contributed by atoms with Gasteiger partial charge < -0.3 is 20.3 Å². The summed E-state index contributed by atoms with van der Waals surface area (Å²) in [6.45, 7) is 15.3. The lowest BCUT2D eigenvalue weighted by Crippen LogP contribution is -2.47. The second kappa shape index (κ2) is 10.6. The Hall–Kier alpha value is -0.0800. The zero-order valence-corrected chi connectivity index (χ0v) is 18.2. The van der Waals surface area contributed by atoms with E-state index < -0.39 is 0 Å². The van der Waals surface area contributed by atoms with E-state index in [4.69, 9.17) is 9.73 Å². The SMILES string of the molecule is CCNC(=NCC(C)(C)N(C)C)NCC(OC)C(C)(C)C.I. The molecular formula is C16H37IN4O. The minimum Gasteiger partial charge on any atom is -0.379 e. The zero-order valence-electron chi connectivity index (χ0n) is 15.9. The first-order valence-electron chi connectivity index (χ1n) is 7.77. The quantitative estimate of drug-likeness (QED) is 0.372. The fourth-order valence-corrected chi connectivity index (χ4v) is 1.69. The second-order valence-electron chi connectivity index (χ2n) is 7.37. The van der Waals surface area contributed by atoms with Crippen molar-refractivity contribution in [2.75, 3.05) is 40.8 Å². The highest BCUT2D eigenvalue weighted by Crippen LogP contribution is 2.20. The Morgan fingerprint density at radius 1 is 1.14 bits per heavy atom. The predicted molar refractivity (Wildman–Crippen MR) is 107 cm³/mol. The van der Waals surface area contributed by atoms with Crippen molar-refractivity contribution in [3.8, 4) is 0 Å². The molecule has 134 valence electrons. The molecule has 0 aromatic rings. The number of aliphatic imine (C=N–C) groups is 1. The Balaban J connectivity index is 0. The molecule has 6 heteroatoms. The number of guanidine groups is 1. The normalized spacial score (nSPS) is 14.5. The molecule has 0 bridgehead atoms. The molecule has 0 aliphatic rings. The van der Waals surface area contributed by atoms with Crippen LogP contribution in [0.1, 0.15) is 41.5 Å². The van der Waals surface area contributed by atoms with E-state index in [1.807, 2.05) is 0 Å². The molecule has 2 N–H and O–H groups in total. The van der Waals surface area contributed by atoms with Crippen molar-refractivity contribution >= 4 is 29.9 Å². The minimum absolute atomic E-state index is 0. The summed E-state index contributed by atoms with van der Waals surface area (Å²) in [5.41, 5.74) is 0.134. The average molecular weight is 428 g/mol. The first-order valence-corrected chi connectivity index (χ1v) is 7.77. The van der Waals surface area contributed by atoms with Gasteiger partial charge in [0.05, 0.1) is 12.6 Å². The second-order valence-corrected chi connectivity index (χ2v) is 7.37. The van der Waals surface area contributed by atoms with Gasteiger partial charge in [0.15, 0.2) is 5.96 Å². The van der Waals surface area contributed by atoms with Crippen LogP contribution >= 0.6 is 24.0 Å². The van der Waals surface area contributed by atoms with Crippen LogP contribution in [-0.4, -0.2) is 63.3 Å². The molecule has 0 heterocycles. The maximum Gasteiger partial charge on any atom is 0.191 e. The first-order chi connectivity index (χ1) is 9.54. The summed E-state index contributed by atoms with van der Waals surface area (Å²) in [5, 5.41) is 6.67. The fourth-order valence-electron chi connectivity index (χ4n) is 1.69. The van der Waals surface area contributed by atoms with E-state index in [1.165, 1.54) is 0 Å². The van der Waals surface area contributed by atoms with Crippen LogP contribution < -0.4 is 10.6 Å². The summed E-state index contributed by atoms with van der Waals surface area (Å²) in [4.78, 5) is 6.88. The van der Waals surface area contributed by atoms with Gasteiger partial charge in [0.25, 0.3) is 0 Å². The van der Waals surface area contributed by atoms with Crippen LogP contribution in [0.3, 0.4) is 0 Å². The van der Waals surface area contributed by atoms with Crippen LogP contribution in [0.15, 0.2) is 4.99 Å². The molecule has 22 heavy (non-hydrogen) atoms. The monoisotopic (exact) mass is 428 g/mol. The first kappa shape index (κ1) is 24.2. The Kier molecular flexibility index (Phi) is 11.7. The summed E-state index contributed by atoms with van der Waals surface area (Å²) >= 11 is 0. The zero-order chi connectivity index (χ0) is 16.7. The molecule has 0 aromatic heterocycles. The van der Waals surface area contributed by atoms with Crippen molar-refractivity contribution in [2.24, 2.45) is 10.4 Å². The van der Waals surface area contributed by atoms with Gasteiger partial charge in [-0.2, -0.15) is 0 Å². The standard InChI is InChI=1S/C16H36N4O.HI/c1-10-17-14(19-12-16(5,6)20(7)8)18-11-13(21-9)15(2,3)4;/h13H,10-12H2,1-9H3,(H2,17,18,19);1H. The van der Waals surface area contributed by atoms with Crippen molar-refractivity contribution in [3.05, 3.63) is 0 Å². The molecule has 0 saturated heterocycles. The largest absolute Gasteiger partial charge is 0.379 e. The molecule has 0 amide bonds. The van der Waals surface area contributed by atoms with Crippen molar-refractivity contribution in [1.82, 2.24) is 15.5 Å². The molecule has 0 rings (SSSR count). The lowest BCUT2D eigenvalue weighted by Gasteiger charge is -2.32. The number of likely N-dealkylation sites (N-methyl/N-ethyl adjacent to an activating group) is 1. The van der Waals surface area contributed by atoms with Crippen molar-refractivity contribution < 1.29 is 4.74 Å². The third-order valence-corrected chi connectivity index (χ3v) is 3.88. The summed E-state index contributed by atoms with van der Waals surface area (Å²) in [6.07, 6.45) is 0.142. The molecular weight excluding hydrogens is 391 g/mol. The topological polar surface area (TPSA) is 48.9 Å². The molecule has 0 aromatic carbocycles. The number of hydrogen-bond acceptors (Lipinski definition) is 3. The molecule has 1 unspecified atom stereocenters. The summed E-state index contributed by atoms with van der Waals surface area (Å²) in [5.74, 6) is 0.846. The number of methoxy groups -OCH3 is 1. The van der Waals surface area contributed by atoms with E-state index in [2.05, 4.69) is 71.2 Å². The van der Waals surface area contributed by atoms with E-state index in [-0.39, 0.29) is 41.0 Å². The maximum atomic E-state index is 5.57. The van der Waals surface area contributed by atoms with Gasteiger partial charge in [-0.3, -0.25) is 4.99 Å². The van der Waals surface area contributed by atoms with E-state index in [0.717, 1.165) is 25.6 Å². The summed E-state index contributed by atoms with van der Waals surface area (Å²) in [6, 6.07) is 0.